The fraction of sp³-hybridized carbons (Fsp3) is 0.167. The number of carbonyl (C=O) groups excluding carboxylic acids is 1. The molecule has 2 aromatic carbocycles. The molecule has 0 saturated heterocycles. The molecule has 0 aliphatic rings. The van der Waals surface area contributed by atoms with E-state index in [9.17, 15) is 4.79 Å². The van der Waals surface area contributed by atoms with Gasteiger partial charge in [0, 0.05) is 23.4 Å². The van der Waals surface area contributed by atoms with Crippen LogP contribution in [0.25, 0.3) is 0 Å². The van der Waals surface area contributed by atoms with Gasteiger partial charge >= 0.3 is 5.91 Å². The number of rotatable bonds is 3. The number of para-hydroxylation sites is 1. The first kappa shape index (κ1) is 16.0. The number of amides is 1. The molecule has 112 valence electrons. The van der Waals surface area contributed by atoms with Crippen molar-refractivity contribution in [3.63, 3.8) is 0 Å². The van der Waals surface area contributed by atoms with Gasteiger partial charge in [-0.25, -0.2) is 0 Å². The molecule has 0 atom stereocenters. The second-order valence-electron chi connectivity index (χ2n) is 4.51. The zero-order valence-corrected chi connectivity index (χ0v) is 13.6. The van der Waals surface area contributed by atoms with Crippen LogP contribution in [0.15, 0.2) is 53.4 Å². The van der Waals surface area contributed by atoms with E-state index in [0.717, 1.165) is 21.9 Å². The molecule has 1 amide bonds. The first-order valence-corrected chi connectivity index (χ1v) is 7.95. The Morgan fingerprint density at radius 3 is 2.45 bits per heavy atom. The van der Waals surface area contributed by atoms with Gasteiger partial charge in [-0.1, -0.05) is 18.1 Å². The highest BCUT2D eigenvalue weighted by atomic mass is 32.2. The lowest BCUT2D eigenvalue weighted by Gasteiger charge is -2.17. The zero-order valence-electron chi connectivity index (χ0n) is 12.8. The summed E-state index contributed by atoms with van der Waals surface area (Å²) in [5, 5.41) is 0. The fourth-order valence-electron chi connectivity index (χ4n) is 1.90. The van der Waals surface area contributed by atoms with Crippen molar-refractivity contribution in [3.8, 4) is 17.6 Å². The van der Waals surface area contributed by atoms with Crippen molar-refractivity contribution in [2.75, 3.05) is 25.3 Å². The van der Waals surface area contributed by atoms with E-state index in [2.05, 4.69) is 11.8 Å². The first-order valence-electron chi connectivity index (χ1n) is 6.72. The summed E-state index contributed by atoms with van der Waals surface area (Å²) in [5.41, 5.74) is 1.64. The summed E-state index contributed by atoms with van der Waals surface area (Å²) in [4.78, 5) is 14.8. The number of anilines is 1. The van der Waals surface area contributed by atoms with E-state index in [0.29, 0.717) is 0 Å². The van der Waals surface area contributed by atoms with Crippen molar-refractivity contribution in [2.45, 2.75) is 4.90 Å². The molecule has 0 heterocycles. The van der Waals surface area contributed by atoms with Crippen LogP contribution in [-0.2, 0) is 4.79 Å². The van der Waals surface area contributed by atoms with Crippen LogP contribution in [-0.4, -0.2) is 26.3 Å². The summed E-state index contributed by atoms with van der Waals surface area (Å²) in [7, 11) is 3.35. The van der Waals surface area contributed by atoms with Crippen LogP contribution in [0, 0.1) is 11.8 Å². The average molecular weight is 311 g/mol. The Morgan fingerprint density at radius 2 is 1.82 bits per heavy atom. The Kier molecular flexibility index (Phi) is 5.51. The molecule has 0 aromatic heterocycles. The number of ether oxygens (including phenoxy) is 1. The molecule has 0 N–H and O–H groups in total. The number of carbonyl (C=O) groups is 1. The summed E-state index contributed by atoms with van der Waals surface area (Å²) in [6, 6.07) is 15.1. The fourth-order valence-corrected chi connectivity index (χ4v) is 2.53. The van der Waals surface area contributed by atoms with Crippen LogP contribution in [0.3, 0.4) is 0 Å². The molecule has 2 rings (SSSR count). The minimum Gasteiger partial charge on any atom is -0.497 e. The molecule has 4 heteroatoms. The number of thioether (sulfide) groups is 1. The minimum atomic E-state index is -0.239. The summed E-state index contributed by atoms with van der Waals surface area (Å²) < 4.78 is 5.09. The number of benzene rings is 2. The quantitative estimate of drug-likeness (QED) is 0.642. The van der Waals surface area contributed by atoms with Crippen LogP contribution in [0.5, 0.6) is 5.75 Å². The van der Waals surface area contributed by atoms with Gasteiger partial charge in [0.25, 0.3) is 0 Å². The van der Waals surface area contributed by atoms with Crippen molar-refractivity contribution >= 4 is 23.4 Å². The van der Waals surface area contributed by atoms with Crippen molar-refractivity contribution in [2.24, 2.45) is 0 Å². The lowest BCUT2D eigenvalue weighted by atomic mass is 10.2. The van der Waals surface area contributed by atoms with E-state index in [1.807, 2.05) is 54.8 Å². The van der Waals surface area contributed by atoms with Gasteiger partial charge in [-0.05, 0) is 42.7 Å². The van der Waals surface area contributed by atoms with E-state index in [-0.39, 0.29) is 5.91 Å². The van der Waals surface area contributed by atoms with Crippen molar-refractivity contribution in [3.05, 3.63) is 54.1 Å². The van der Waals surface area contributed by atoms with E-state index >= 15 is 0 Å². The van der Waals surface area contributed by atoms with Crippen LogP contribution >= 0.6 is 11.8 Å². The normalized spacial score (nSPS) is 9.59. The third kappa shape index (κ3) is 3.84. The van der Waals surface area contributed by atoms with E-state index in [4.69, 9.17) is 4.74 Å². The van der Waals surface area contributed by atoms with Gasteiger partial charge in [0.05, 0.1) is 12.8 Å². The molecule has 2 aromatic rings. The molecule has 3 nitrogen and oxygen atoms in total. The molecule has 0 spiro atoms. The number of nitrogens with zero attached hydrogens (tertiary/aromatic N) is 1. The minimum absolute atomic E-state index is 0.239. The molecular formula is C18H17NO2S. The maximum Gasteiger partial charge on any atom is 0.303 e. The maximum absolute atomic E-state index is 12.2. The monoisotopic (exact) mass is 311 g/mol. The topological polar surface area (TPSA) is 29.5 Å². The molecule has 0 aliphatic carbocycles. The van der Waals surface area contributed by atoms with Crippen LogP contribution in [0.4, 0.5) is 5.69 Å². The Hall–Kier alpha value is -2.38. The highest BCUT2D eigenvalue weighted by Gasteiger charge is 2.11. The smallest absolute Gasteiger partial charge is 0.303 e. The van der Waals surface area contributed by atoms with Gasteiger partial charge in [-0.2, -0.15) is 0 Å². The molecule has 0 radical (unpaired) electrons. The number of methoxy groups -OCH3 is 1. The summed E-state index contributed by atoms with van der Waals surface area (Å²) >= 11 is 1.60. The molecule has 0 saturated carbocycles. The molecule has 0 aliphatic heterocycles. The number of hydrogen-bond donors (Lipinski definition) is 0. The van der Waals surface area contributed by atoms with Gasteiger partial charge in [0.2, 0.25) is 0 Å². The highest BCUT2D eigenvalue weighted by molar-refractivity contribution is 7.98. The second kappa shape index (κ2) is 7.58. The van der Waals surface area contributed by atoms with Crippen molar-refractivity contribution < 1.29 is 9.53 Å². The van der Waals surface area contributed by atoms with Gasteiger partial charge in [0.1, 0.15) is 5.75 Å². The van der Waals surface area contributed by atoms with Crippen molar-refractivity contribution in [1.82, 2.24) is 0 Å². The lowest BCUT2D eigenvalue weighted by molar-refractivity contribution is -0.113. The van der Waals surface area contributed by atoms with Crippen LogP contribution in [0.1, 0.15) is 5.56 Å². The molecule has 0 fully saturated rings. The lowest BCUT2D eigenvalue weighted by Crippen LogP contribution is -2.25. The first-order chi connectivity index (χ1) is 10.7. The maximum atomic E-state index is 12.2. The molecular weight excluding hydrogens is 294 g/mol. The van der Waals surface area contributed by atoms with Crippen LogP contribution < -0.4 is 9.64 Å². The Morgan fingerprint density at radius 1 is 1.14 bits per heavy atom. The van der Waals surface area contributed by atoms with E-state index < -0.39 is 0 Å². The summed E-state index contributed by atoms with van der Waals surface area (Å²) in [5.74, 6) is 6.08. The second-order valence-corrected chi connectivity index (χ2v) is 5.36. The predicted octanol–water partition coefficient (Wildman–Crippen LogP) is 3.43. The average Bonchev–Trinajstić information content (AvgIpc) is 2.59. The standard InChI is InChI=1S/C18H17NO2S/c1-19(16-6-4-5-7-17(16)22-3)18(20)13-10-14-8-11-15(21-2)12-9-14/h4-9,11-12H,1-3H3. The predicted molar refractivity (Wildman–Crippen MR) is 91.5 cm³/mol. The third-order valence-corrected chi connectivity index (χ3v) is 3.94. The van der Waals surface area contributed by atoms with Gasteiger partial charge in [0.15, 0.2) is 0 Å². The molecule has 0 bridgehead atoms. The largest absolute Gasteiger partial charge is 0.497 e. The van der Waals surface area contributed by atoms with E-state index in [1.54, 1.807) is 30.8 Å². The van der Waals surface area contributed by atoms with Crippen molar-refractivity contribution in [1.29, 1.82) is 0 Å². The van der Waals surface area contributed by atoms with Gasteiger partial charge < -0.3 is 9.64 Å². The number of hydrogen-bond acceptors (Lipinski definition) is 3. The SMILES string of the molecule is COc1ccc(C#CC(=O)N(C)c2ccccc2SC)cc1. The summed E-state index contributed by atoms with van der Waals surface area (Å²) in [6.07, 6.45) is 1.99. The summed E-state index contributed by atoms with van der Waals surface area (Å²) in [6.45, 7) is 0. The van der Waals surface area contributed by atoms with E-state index in [1.165, 1.54) is 0 Å². The van der Waals surface area contributed by atoms with Gasteiger partial charge in [-0.3, -0.25) is 4.79 Å². The Balaban J connectivity index is 2.16. The Labute approximate surface area is 135 Å². The molecule has 22 heavy (non-hydrogen) atoms. The van der Waals surface area contributed by atoms with Gasteiger partial charge in [-0.15, -0.1) is 11.8 Å². The zero-order chi connectivity index (χ0) is 15.9. The Bertz CT molecular complexity index is 714. The highest BCUT2D eigenvalue weighted by Crippen LogP contribution is 2.27. The van der Waals surface area contributed by atoms with Crippen LogP contribution in [0.2, 0.25) is 0 Å². The molecule has 0 unspecified atom stereocenters. The third-order valence-electron chi connectivity index (χ3n) is 3.15.